The molecule has 0 spiro atoms. The zero-order valence-electron chi connectivity index (χ0n) is 17.6. The van der Waals surface area contributed by atoms with Crippen LogP contribution in [0.2, 0.25) is 0 Å². The summed E-state index contributed by atoms with van der Waals surface area (Å²) in [6.07, 6.45) is 0.780. The van der Waals surface area contributed by atoms with Gasteiger partial charge in [0.25, 0.3) is 5.91 Å². The Labute approximate surface area is 176 Å². The maximum atomic E-state index is 12.0. The lowest BCUT2D eigenvalue weighted by Gasteiger charge is -2.11. The molecule has 0 atom stereocenters. The highest BCUT2D eigenvalue weighted by Crippen LogP contribution is 2.18. The molecular formula is C23H28N2O5. The van der Waals surface area contributed by atoms with Gasteiger partial charge in [0.05, 0.1) is 6.54 Å². The first-order chi connectivity index (χ1) is 14.4. The minimum atomic E-state index is -0.667. The number of benzene rings is 2. The van der Waals surface area contributed by atoms with Gasteiger partial charge in [-0.2, -0.15) is 0 Å². The van der Waals surface area contributed by atoms with Crippen molar-refractivity contribution >= 4 is 23.5 Å². The van der Waals surface area contributed by atoms with Gasteiger partial charge in [-0.3, -0.25) is 9.59 Å². The van der Waals surface area contributed by atoms with Gasteiger partial charge >= 0.3 is 5.97 Å². The van der Waals surface area contributed by atoms with E-state index in [1.165, 1.54) is 5.56 Å². The second kappa shape index (κ2) is 11.6. The maximum Gasteiger partial charge on any atom is 0.344 e. The van der Waals surface area contributed by atoms with Gasteiger partial charge in [0.2, 0.25) is 5.91 Å². The van der Waals surface area contributed by atoms with Crippen LogP contribution in [0.1, 0.15) is 37.8 Å². The third-order valence-electron chi connectivity index (χ3n) is 4.39. The van der Waals surface area contributed by atoms with Gasteiger partial charge in [-0.15, -0.1) is 0 Å². The molecule has 0 heterocycles. The molecular weight excluding hydrogens is 384 g/mol. The first-order valence-corrected chi connectivity index (χ1v) is 9.91. The number of carbonyl (C=O) groups excluding carboxylic acids is 3. The monoisotopic (exact) mass is 412 g/mol. The normalized spacial score (nSPS) is 10.4. The van der Waals surface area contributed by atoms with Crippen molar-refractivity contribution in [2.24, 2.45) is 0 Å². The Kier molecular flexibility index (Phi) is 8.87. The largest absolute Gasteiger partial charge is 0.482 e. The first kappa shape index (κ1) is 22.9. The summed E-state index contributed by atoms with van der Waals surface area (Å²) >= 11 is 0. The van der Waals surface area contributed by atoms with Crippen LogP contribution < -0.4 is 15.4 Å². The number of amides is 2. The van der Waals surface area contributed by atoms with Crippen LogP contribution in [0.4, 0.5) is 5.69 Å². The van der Waals surface area contributed by atoms with Crippen molar-refractivity contribution in [1.29, 1.82) is 0 Å². The summed E-state index contributed by atoms with van der Waals surface area (Å²) in [6.45, 7) is 5.17. The van der Waals surface area contributed by atoms with Crippen LogP contribution in [-0.4, -0.2) is 37.5 Å². The minimum Gasteiger partial charge on any atom is -0.482 e. The number of nitrogens with one attached hydrogen (secondary N) is 2. The zero-order valence-corrected chi connectivity index (χ0v) is 17.6. The van der Waals surface area contributed by atoms with Crippen molar-refractivity contribution in [2.75, 3.05) is 25.1 Å². The van der Waals surface area contributed by atoms with Gasteiger partial charge in [-0.25, -0.2) is 4.79 Å². The molecule has 2 N–H and O–H groups in total. The van der Waals surface area contributed by atoms with Gasteiger partial charge < -0.3 is 20.1 Å². The van der Waals surface area contributed by atoms with Crippen LogP contribution in [0, 0.1) is 0 Å². The highest BCUT2D eigenvalue weighted by atomic mass is 16.6. The summed E-state index contributed by atoms with van der Waals surface area (Å²) in [6, 6.07) is 14.9. The molecule has 0 bridgehead atoms. The molecule has 7 heteroatoms. The Balaban J connectivity index is 1.66. The molecule has 0 fully saturated rings. The number of ether oxygens (including phenoxy) is 2. The van der Waals surface area contributed by atoms with E-state index in [-0.39, 0.29) is 19.1 Å². The minimum absolute atomic E-state index is 0.215. The highest BCUT2D eigenvalue weighted by Gasteiger charge is 2.11. The fraction of sp³-hybridized carbons (Fsp3) is 0.348. The Morgan fingerprint density at radius 3 is 2.30 bits per heavy atom. The van der Waals surface area contributed by atoms with Crippen molar-refractivity contribution in [1.82, 2.24) is 5.32 Å². The van der Waals surface area contributed by atoms with Gasteiger partial charge in [-0.05, 0) is 41.7 Å². The molecule has 0 aliphatic rings. The van der Waals surface area contributed by atoms with E-state index >= 15 is 0 Å². The van der Waals surface area contributed by atoms with E-state index in [4.69, 9.17) is 9.47 Å². The van der Waals surface area contributed by atoms with Gasteiger partial charge in [0.15, 0.2) is 13.2 Å². The summed E-state index contributed by atoms with van der Waals surface area (Å²) < 4.78 is 10.2. The number of aryl methyl sites for hydroxylation is 1. The zero-order chi connectivity index (χ0) is 21.9. The summed E-state index contributed by atoms with van der Waals surface area (Å²) in [4.78, 5) is 35.5. The lowest BCUT2D eigenvalue weighted by Crippen LogP contribution is -2.36. The molecule has 2 amide bonds. The smallest absolute Gasteiger partial charge is 0.344 e. The number of hydrogen-bond acceptors (Lipinski definition) is 5. The second-order valence-electron chi connectivity index (χ2n) is 7.01. The Bertz CT molecular complexity index is 862. The van der Waals surface area contributed by atoms with E-state index in [1.54, 1.807) is 18.2 Å². The number of carbonyl (C=O) groups is 3. The van der Waals surface area contributed by atoms with Crippen LogP contribution in [0.25, 0.3) is 0 Å². The molecule has 7 nitrogen and oxygen atoms in total. The molecule has 0 saturated carbocycles. The maximum absolute atomic E-state index is 12.0. The van der Waals surface area contributed by atoms with Crippen molar-refractivity contribution in [3.63, 3.8) is 0 Å². The van der Waals surface area contributed by atoms with E-state index in [0.29, 0.717) is 17.4 Å². The molecule has 0 aliphatic carbocycles. The van der Waals surface area contributed by atoms with Gasteiger partial charge in [0.1, 0.15) is 5.75 Å². The van der Waals surface area contributed by atoms with Crippen molar-refractivity contribution in [3.8, 4) is 5.75 Å². The average molecular weight is 412 g/mol. The molecule has 0 unspecified atom stereocenters. The molecule has 160 valence electrons. The number of para-hydroxylation sites is 1. The van der Waals surface area contributed by atoms with Crippen LogP contribution in [-0.2, 0) is 25.5 Å². The molecule has 0 aromatic heterocycles. The molecule has 0 aliphatic heterocycles. The van der Waals surface area contributed by atoms with Crippen LogP contribution in [0.3, 0.4) is 0 Å². The van der Waals surface area contributed by atoms with Crippen molar-refractivity contribution < 1.29 is 23.9 Å². The fourth-order valence-electron chi connectivity index (χ4n) is 2.65. The van der Waals surface area contributed by atoms with E-state index in [0.717, 1.165) is 12.0 Å². The van der Waals surface area contributed by atoms with Gasteiger partial charge in [-0.1, -0.05) is 51.1 Å². The number of esters is 1. The Morgan fingerprint density at radius 2 is 1.63 bits per heavy atom. The van der Waals surface area contributed by atoms with Crippen LogP contribution >= 0.6 is 0 Å². The molecule has 2 aromatic rings. The van der Waals surface area contributed by atoms with Crippen LogP contribution in [0.15, 0.2) is 48.5 Å². The third kappa shape index (κ3) is 7.58. The lowest BCUT2D eigenvalue weighted by molar-refractivity contribution is -0.150. The lowest BCUT2D eigenvalue weighted by atomic mass is 10.0. The van der Waals surface area contributed by atoms with Crippen molar-refractivity contribution in [2.45, 2.75) is 33.1 Å². The van der Waals surface area contributed by atoms with E-state index in [2.05, 4.69) is 24.5 Å². The standard InChI is InChI=1S/C23H28N2O5/c1-4-17-7-5-6-8-20(17)25-21(26)13-24-22(27)14-30-23(28)15-29-19-11-9-18(10-12-19)16(2)3/h5-12,16H,4,13-15H2,1-3H3,(H,24,27)(H,25,26). The van der Waals surface area contributed by atoms with Crippen molar-refractivity contribution in [3.05, 3.63) is 59.7 Å². The second-order valence-corrected chi connectivity index (χ2v) is 7.01. The SMILES string of the molecule is CCc1ccccc1NC(=O)CNC(=O)COC(=O)COc1ccc(C(C)C)cc1. The summed E-state index contributed by atoms with van der Waals surface area (Å²) in [5.74, 6) is -0.637. The quantitative estimate of drug-likeness (QED) is 0.585. The predicted octanol–water partition coefficient (Wildman–Crippen LogP) is 3.05. The number of anilines is 1. The molecule has 0 saturated heterocycles. The third-order valence-corrected chi connectivity index (χ3v) is 4.39. The molecule has 2 aromatic carbocycles. The van der Waals surface area contributed by atoms with E-state index in [9.17, 15) is 14.4 Å². The Hall–Kier alpha value is -3.35. The summed E-state index contributed by atoms with van der Waals surface area (Å²) in [5.41, 5.74) is 2.89. The van der Waals surface area contributed by atoms with Gasteiger partial charge in [0, 0.05) is 5.69 Å². The van der Waals surface area contributed by atoms with E-state index < -0.39 is 18.5 Å². The fourth-order valence-corrected chi connectivity index (χ4v) is 2.65. The Morgan fingerprint density at radius 1 is 0.933 bits per heavy atom. The summed E-state index contributed by atoms with van der Waals surface area (Å²) in [5, 5.41) is 5.17. The first-order valence-electron chi connectivity index (χ1n) is 9.91. The topological polar surface area (TPSA) is 93.7 Å². The number of rotatable bonds is 10. The average Bonchev–Trinajstić information content (AvgIpc) is 2.75. The van der Waals surface area contributed by atoms with Crippen LogP contribution in [0.5, 0.6) is 5.75 Å². The predicted molar refractivity (Wildman–Crippen MR) is 114 cm³/mol. The molecule has 30 heavy (non-hydrogen) atoms. The number of hydrogen-bond donors (Lipinski definition) is 2. The highest BCUT2D eigenvalue weighted by molar-refractivity contribution is 5.95. The summed E-state index contributed by atoms with van der Waals surface area (Å²) in [7, 11) is 0. The molecule has 0 radical (unpaired) electrons. The van der Waals surface area contributed by atoms with E-state index in [1.807, 2.05) is 37.3 Å². The molecule has 2 rings (SSSR count).